The summed E-state index contributed by atoms with van der Waals surface area (Å²) in [5.74, 6) is 0.854. The Morgan fingerprint density at radius 1 is 1.12 bits per heavy atom. The predicted octanol–water partition coefficient (Wildman–Crippen LogP) is 5.36. The molecular weight excluding hydrogens is 400 g/mol. The number of hydrogen-bond acceptors (Lipinski definition) is 5. The van der Waals surface area contributed by atoms with Gasteiger partial charge in [-0.15, -0.1) is 0 Å². The highest BCUT2D eigenvalue weighted by Gasteiger charge is 2.30. The zero-order valence-corrected chi connectivity index (χ0v) is 20.0. The van der Waals surface area contributed by atoms with Gasteiger partial charge in [-0.3, -0.25) is 10.00 Å². The van der Waals surface area contributed by atoms with Gasteiger partial charge in [0.15, 0.2) is 0 Å². The zero-order valence-electron chi connectivity index (χ0n) is 20.0. The maximum Gasteiger partial charge on any atom is 0.140 e. The number of hydrogen-bond donors (Lipinski definition) is 2. The number of ether oxygens (including phenoxy) is 1. The maximum atomic E-state index is 10.8. The van der Waals surface area contributed by atoms with E-state index in [2.05, 4.69) is 72.0 Å². The Morgan fingerprint density at radius 3 is 2.56 bits per heavy atom. The molecule has 0 saturated heterocycles. The van der Waals surface area contributed by atoms with Crippen molar-refractivity contribution in [1.82, 2.24) is 15.1 Å². The van der Waals surface area contributed by atoms with Crippen molar-refractivity contribution >= 4 is 16.6 Å². The molecule has 32 heavy (non-hydrogen) atoms. The van der Waals surface area contributed by atoms with Crippen molar-refractivity contribution < 1.29 is 9.84 Å². The molecule has 3 aromatic rings. The average Bonchev–Trinajstić information content (AvgIpc) is 3.37. The average molecular weight is 437 g/mol. The molecule has 0 amide bonds. The molecule has 2 N–H and O–H groups in total. The predicted molar refractivity (Wildman–Crippen MR) is 130 cm³/mol. The summed E-state index contributed by atoms with van der Waals surface area (Å²) in [5.41, 5.74) is 6.64. The number of anilines is 1. The molecule has 0 aliphatic carbocycles. The number of aromatic amines is 1. The second-order valence-electron chi connectivity index (χ2n) is 9.18. The van der Waals surface area contributed by atoms with Crippen LogP contribution >= 0.6 is 0 Å². The third-order valence-corrected chi connectivity index (χ3v) is 6.64. The second kappa shape index (κ2) is 9.51. The van der Waals surface area contributed by atoms with Crippen molar-refractivity contribution in [1.29, 1.82) is 0 Å². The zero-order chi connectivity index (χ0) is 22.8. The summed E-state index contributed by atoms with van der Waals surface area (Å²) in [4.78, 5) is 4.65. The normalized spacial score (nSPS) is 14.9. The van der Waals surface area contributed by atoms with E-state index in [0.717, 1.165) is 61.2 Å². The van der Waals surface area contributed by atoms with E-state index >= 15 is 0 Å². The van der Waals surface area contributed by atoms with E-state index < -0.39 is 0 Å². The van der Waals surface area contributed by atoms with Crippen molar-refractivity contribution in [2.24, 2.45) is 5.92 Å². The summed E-state index contributed by atoms with van der Waals surface area (Å²) in [7, 11) is 1.72. The van der Waals surface area contributed by atoms with Gasteiger partial charge in [0.05, 0.1) is 5.52 Å². The van der Waals surface area contributed by atoms with E-state index in [1.165, 1.54) is 16.8 Å². The van der Waals surface area contributed by atoms with Crippen LogP contribution in [0.15, 0.2) is 30.3 Å². The fourth-order valence-corrected chi connectivity index (χ4v) is 4.77. The molecule has 0 saturated carbocycles. The van der Waals surface area contributed by atoms with Crippen LogP contribution in [-0.2, 0) is 24.2 Å². The Kier molecular flexibility index (Phi) is 6.72. The van der Waals surface area contributed by atoms with Crippen LogP contribution < -0.4 is 4.90 Å². The molecule has 1 unspecified atom stereocenters. The lowest BCUT2D eigenvalue weighted by Gasteiger charge is -2.27. The number of H-pyrrole nitrogens is 1. The molecular formula is C26H36N4O2. The molecule has 1 aliphatic heterocycles. The Bertz CT molecular complexity index is 1070. The number of rotatable bonds is 9. The molecule has 6 heteroatoms. The van der Waals surface area contributed by atoms with Gasteiger partial charge >= 0.3 is 0 Å². The molecule has 0 fully saturated rings. The van der Waals surface area contributed by atoms with Gasteiger partial charge in [0.1, 0.15) is 12.0 Å². The van der Waals surface area contributed by atoms with Gasteiger partial charge in [-0.05, 0) is 61.9 Å². The second-order valence-corrected chi connectivity index (χ2v) is 9.18. The number of methoxy groups -OCH3 is 1. The summed E-state index contributed by atoms with van der Waals surface area (Å²) >= 11 is 0. The molecule has 1 aliphatic rings. The minimum Gasteiger partial charge on any atom is -0.507 e. The van der Waals surface area contributed by atoms with Gasteiger partial charge in [-0.25, -0.2) is 0 Å². The van der Waals surface area contributed by atoms with Crippen LogP contribution in [0.3, 0.4) is 0 Å². The fraction of sp³-hybridized carbons (Fsp3) is 0.500. The molecule has 1 aromatic heterocycles. The van der Waals surface area contributed by atoms with E-state index in [-0.39, 0.29) is 12.0 Å². The van der Waals surface area contributed by atoms with Crippen molar-refractivity contribution in [2.45, 2.75) is 59.9 Å². The highest BCUT2D eigenvalue weighted by molar-refractivity contribution is 5.84. The van der Waals surface area contributed by atoms with E-state index in [4.69, 9.17) is 4.74 Å². The summed E-state index contributed by atoms with van der Waals surface area (Å²) in [6, 6.07) is 10.6. The maximum absolute atomic E-state index is 10.8. The van der Waals surface area contributed by atoms with Crippen LogP contribution in [0.4, 0.5) is 5.69 Å². The Hall–Kier alpha value is -2.57. The molecule has 0 radical (unpaired) electrons. The quantitative estimate of drug-likeness (QED) is 0.472. The largest absolute Gasteiger partial charge is 0.507 e. The number of fused-ring (bicyclic) bond motifs is 2. The molecule has 172 valence electrons. The molecule has 0 bridgehead atoms. The molecule has 1 atom stereocenters. The van der Waals surface area contributed by atoms with Crippen molar-refractivity contribution in [3.63, 3.8) is 0 Å². The van der Waals surface area contributed by atoms with Gasteiger partial charge in [0, 0.05) is 61.7 Å². The van der Waals surface area contributed by atoms with E-state index in [9.17, 15) is 5.11 Å². The molecule has 2 heterocycles. The van der Waals surface area contributed by atoms with Gasteiger partial charge in [0.2, 0.25) is 0 Å². The number of aromatic nitrogens is 2. The SMILES string of the molecule is CCN(CC)c1ccc2c(c1)CN(C(OC)c1cc3c(CCC(C)C)[nH]nc3cc1O)C2. The third kappa shape index (κ3) is 4.34. The smallest absolute Gasteiger partial charge is 0.140 e. The van der Waals surface area contributed by atoms with E-state index in [1.54, 1.807) is 13.2 Å². The number of phenols is 1. The Balaban J connectivity index is 1.62. The molecule has 4 rings (SSSR count). The van der Waals surface area contributed by atoms with Crippen LogP contribution in [0.1, 0.15) is 62.7 Å². The van der Waals surface area contributed by atoms with Gasteiger partial charge in [-0.2, -0.15) is 5.10 Å². The van der Waals surface area contributed by atoms with Crippen molar-refractivity contribution in [2.75, 3.05) is 25.1 Å². The lowest BCUT2D eigenvalue weighted by atomic mass is 10.0. The molecule has 2 aromatic carbocycles. The number of phenolic OH excluding ortho intramolecular Hbond substituents is 1. The van der Waals surface area contributed by atoms with Gasteiger partial charge in [-0.1, -0.05) is 19.9 Å². The molecule has 0 spiro atoms. The monoisotopic (exact) mass is 436 g/mol. The summed E-state index contributed by atoms with van der Waals surface area (Å²) in [5, 5.41) is 19.5. The third-order valence-electron chi connectivity index (χ3n) is 6.64. The highest BCUT2D eigenvalue weighted by atomic mass is 16.5. The number of nitrogens with one attached hydrogen (secondary N) is 1. The summed E-state index contributed by atoms with van der Waals surface area (Å²) in [6.45, 7) is 12.4. The lowest BCUT2D eigenvalue weighted by Crippen LogP contribution is -2.25. The lowest BCUT2D eigenvalue weighted by molar-refractivity contribution is -0.0395. The van der Waals surface area contributed by atoms with Gasteiger partial charge in [0.25, 0.3) is 0 Å². The molecule has 6 nitrogen and oxygen atoms in total. The van der Waals surface area contributed by atoms with Crippen molar-refractivity contribution in [3.8, 4) is 5.75 Å². The van der Waals surface area contributed by atoms with Crippen LogP contribution in [-0.4, -0.2) is 40.4 Å². The Morgan fingerprint density at radius 2 is 1.88 bits per heavy atom. The first kappa shape index (κ1) is 22.6. The van der Waals surface area contributed by atoms with Gasteiger partial charge < -0.3 is 14.7 Å². The summed E-state index contributed by atoms with van der Waals surface area (Å²) < 4.78 is 5.94. The van der Waals surface area contributed by atoms with Crippen molar-refractivity contribution in [3.05, 3.63) is 52.7 Å². The first-order valence-electron chi connectivity index (χ1n) is 11.8. The van der Waals surface area contributed by atoms with Crippen LogP contribution in [0, 0.1) is 5.92 Å². The Labute approximate surface area is 191 Å². The number of aromatic hydroxyl groups is 1. The van der Waals surface area contributed by atoms with Crippen LogP contribution in [0.2, 0.25) is 0 Å². The summed E-state index contributed by atoms with van der Waals surface area (Å²) in [6.07, 6.45) is 1.72. The van der Waals surface area contributed by atoms with Crippen LogP contribution in [0.5, 0.6) is 5.75 Å². The fourth-order valence-electron chi connectivity index (χ4n) is 4.77. The highest BCUT2D eigenvalue weighted by Crippen LogP contribution is 2.38. The van der Waals surface area contributed by atoms with E-state index in [0.29, 0.717) is 5.92 Å². The first-order chi connectivity index (χ1) is 15.4. The van der Waals surface area contributed by atoms with E-state index in [1.807, 2.05) is 0 Å². The van der Waals surface area contributed by atoms with Crippen LogP contribution in [0.25, 0.3) is 10.9 Å². The topological polar surface area (TPSA) is 64.6 Å². The standard InChI is InChI=1S/C26H36N4O2/c1-6-29(7-2)20-10-9-18-15-30(16-19(18)12-20)26(32-5)22-13-21-23(11-8-17(3)4)27-28-24(21)14-25(22)31/h9-10,12-14,17,26,31H,6-8,11,15-16H2,1-5H3,(H,27,28). The number of benzene rings is 2. The minimum atomic E-state index is -0.323. The number of aryl methyl sites for hydroxylation is 1. The first-order valence-corrected chi connectivity index (χ1v) is 11.8. The minimum absolute atomic E-state index is 0.228. The number of nitrogens with zero attached hydrogens (tertiary/aromatic N) is 3.